The highest BCUT2D eigenvalue weighted by atomic mass is 16.5. The molecule has 0 radical (unpaired) electrons. The Balaban J connectivity index is 1.68. The second-order valence-corrected chi connectivity index (χ2v) is 7.61. The summed E-state index contributed by atoms with van der Waals surface area (Å²) < 4.78 is 6.01. The number of carbonyl (C=O) groups excluding carboxylic acids is 1. The van der Waals surface area contributed by atoms with E-state index in [0.717, 1.165) is 29.0 Å². The van der Waals surface area contributed by atoms with Gasteiger partial charge in [-0.3, -0.25) is 4.79 Å². The molecule has 0 saturated carbocycles. The molecule has 1 heterocycles. The lowest BCUT2D eigenvalue weighted by Gasteiger charge is -2.38. The number of anilines is 1. The molecule has 152 valence electrons. The standard InChI is InChI=1S/C26H26N2O2/c1-19(2)18-30-24-15-9-7-13-22(24)25-27-23-14-8-6-12-21(23)26(29)28(25)17-16-20-10-4-3-5-11-20/h3-15,25,27H,1,16-18H2,2H3. The number of amides is 1. The van der Waals surface area contributed by atoms with Crippen molar-refractivity contribution in [2.45, 2.75) is 19.5 Å². The molecular formula is C26H26N2O2. The molecule has 0 spiro atoms. The van der Waals surface area contributed by atoms with Crippen LogP contribution in [0.15, 0.2) is 91.0 Å². The summed E-state index contributed by atoms with van der Waals surface area (Å²) in [6.07, 6.45) is 0.472. The van der Waals surface area contributed by atoms with Crippen LogP contribution in [0.25, 0.3) is 0 Å². The molecule has 0 aliphatic carbocycles. The minimum Gasteiger partial charge on any atom is -0.489 e. The van der Waals surface area contributed by atoms with E-state index in [1.165, 1.54) is 5.56 Å². The van der Waals surface area contributed by atoms with Crippen molar-refractivity contribution in [3.05, 3.63) is 108 Å². The molecule has 30 heavy (non-hydrogen) atoms. The van der Waals surface area contributed by atoms with E-state index in [2.05, 4.69) is 24.0 Å². The summed E-state index contributed by atoms with van der Waals surface area (Å²) in [5.41, 5.74) is 4.63. The predicted molar refractivity (Wildman–Crippen MR) is 121 cm³/mol. The molecule has 1 aliphatic rings. The fourth-order valence-corrected chi connectivity index (χ4v) is 3.70. The second kappa shape index (κ2) is 8.87. The zero-order valence-electron chi connectivity index (χ0n) is 17.2. The molecule has 0 fully saturated rings. The van der Waals surface area contributed by atoms with Crippen LogP contribution in [0.3, 0.4) is 0 Å². The highest BCUT2D eigenvalue weighted by Crippen LogP contribution is 2.36. The third-order valence-corrected chi connectivity index (χ3v) is 5.19. The molecule has 1 N–H and O–H groups in total. The Kier molecular flexibility index (Phi) is 5.84. The van der Waals surface area contributed by atoms with Crippen molar-refractivity contribution >= 4 is 11.6 Å². The van der Waals surface area contributed by atoms with Gasteiger partial charge in [0.1, 0.15) is 18.5 Å². The second-order valence-electron chi connectivity index (χ2n) is 7.61. The van der Waals surface area contributed by atoms with Gasteiger partial charge in [0, 0.05) is 17.8 Å². The van der Waals surface area contributed by atoms with Crippen LogP contribution in [-0.2, 0) is 6.42 Å². The number of nitrogens with zero attached hydrogens (tertiary/aromatic N) is 1. The molecule has 1 unspecified atom stereocenters. The lowest BCUT2D eigenvalue weighted by atomic mass is 10.0. The van der Waals surface area contributed by atoms with E-state index >= 15 is 0 Å². The number of nitrogens with one attached hydrogen (secondary N) is 1. The SMILES string of the molecule is C=C(C)COc1ccccc1C1Nc2ccccc2C(=O)N1CCc1ccccc1. The van der Waals surface area contributed by atoms with Gasteiger partial charge in [-0.2, -0.15) is 0 Å². The van der Waals surface area contributed by atoms with Crippen molar-refractivity contribution < 1.29 is 9.53 Å². The van der Waals surface area contributed by atoms with Gasteiger partial charge in [0.25, 0.3) is 5.91 Å². The molecule has 3 aromatic carbocycles. The van der Waals surface area contributed by atoms with Crippen LogP contribution in [0.5, 0.6) is 5.75 Å². The monoisotopic (exact) mass is 398 g/mol. The lowest BCUT2D eigenvalue weighted by Crippen LogP contribution is -2.44. The van der Waals surface area contributed by atoms with Crippen LogP contribution < -0.4 is 10.1 Å². The zero-order valence-corrected chi connectivity index (χ0v) is 17.2. The van der Waals surface area contributed by atoms with Crippen LogP contribution in [0.1, 0.15) is 34.6 Å². The average Bonchev–Trinajstić information content (AvgIpc) is 2.78. The van der Waals surface area contributed by atoms with Gasteiger partial charge in [0.05, 0.1) is 5.56 Å². The van der Waals surface area contributed by atoms with Crippen LogP contribution in [-0.4, -0.2) is 24.0 Å². The van der Waals surface area contributed by atoms with Gasteiger partial charge in [0.2, 0.25) is 0 Å². The van der Waals surface area contributed by atoms with Crippen LogP contribution >= 0.6 is 0 Å². The lowest BCUT2D eigenvalue weighted by molar-refractivity contribution is 0.0683. The first-order chi connectivity index (χ1) is 14.6. The zero-order chi connectivity index (χ0) is 20.9. The van der Waals surface area contributed by atoms with E-state index in [1.54, 1.807) is 0 Å². The molecule has 4 nitrogen and oxygen atoms in total. The van der Waals surface area contributed by atoms with E-state index in [4.69, 9.17) is 4.74 Å². The molecule has 1 aliphatic heterocycles. The molecule has 4 rings (SSSR count). The molecule has 1 atom stereocenters. The van der Waals surface area contributed by atoms with Crippen LogP contribution in [0.2, 0.25) is 0 Å². The Morgan fingerprint density at radius 2 is 1.70 bits per heavy atom. The average molecular weight is 399 g/mol. The van der Waals surface area contributed by atoms with Crippen molar-refractivity contribution in [2.75, 3.05) is 18.5 Å². The summed E-state index contributed by atoms with van der Waals surface area (Å²) in [4.78, 5) is 15.3. The molecule has 0 aromatic heterocycles. The first-order valence-electron chi connectivity index (χ1n) is 10.2. The first-order valence-corrected chi connectivity index (χ1v) is 10.2. The van der Waals surface area contributed by atoms with Gasteiger partial charge >= 0.3 is 0 Å². The first kappa shape index (κ1) is 19.8. The molecule has 0 bridgehead atoms. The fraction of sp³-hybridized carbons (Fsp3) is 0.192. The van der Waals surface area contributed by atoms with Crippen molar-refractivity contribution in [1.29, 1.82) is 0 Å². The van der Waals surface area contributed by atoms with Crippen molar-refractivity contribution in [1.82, 2.24) is 4.90 Å². The third-order valence-electron chi connectivity index (χ3n) is 5.19. The highest BCUT2D eigenvalue weighted by Gasteiger charge is 2.34. The van der Waals surface area contributed by atoms with E-state index in [9.17, 15) is 4.79 Å². The predicted octanol–water partition coefficient (Wildman–Crippen LogP) is 5.45. The van der Waals surface area contributed by atoms with Gasteiger partial charge in [-0.05, 0) is 42.7 Å². The largest absolute Gasteiger partial charge is 0.489 e. The number of ether oxygens (including phenoxy) is 1. The van der Waals surface area contributed by atoms with Gasteiger partial charge in [-0.15, -0.1) is 0 Å². The van der Waals surface area contributed by atoms with E-state index < -0.39 is 0 Å². The number of benzene rings is 3. The van der Waals surface area contributed by atoms with E-state index in [-0.39, 0.29) is 12.1 Å². The minimum absolute atomic E-state index is 0.0278. The summed E-state index contributed by atoms with van der Waals surface area (Å²) in [5, 5.41) is 3.56. The quantitative estimate of drug-likeness (QED) is 0.538. The maximum absolute atomic E-state index is 13.4. The molecule has 4 heteroatoms. The molecule has 3 aromatic rings. The summed E-state index contributed by atoms with van der Waals surface area (Å²) in [6.45, 7) is 6.91. The van der Waals surface area contributed by atoms with Gasteiger partial charge in [-0.1, -0.05) is 67.2 Å². The summed E-state index contributed by atoms with van der Waals surface area (Å²) in [6, 6.07) is 25.8. The Hall–Kier alpha value is -3.53. The van der Waals surface area contributed by atoms with E-state index in [1.807, 2.05) is 78.6 Å². The Morgan fingerprint density at radius 1 is 1.00 bits per heavy atom. The minimum atomic E-state index is -0.308. The van der Waals surface area contributed by atoms with Gasteiger partial charge < -0.3 is 15.0 Å². The van der Waals surface area contributed by atoms with Gasteiger partial charge in [0.15, 0.2) is 0 Å². The van der Waals surface area contributed by atoms with Crippen molar-refractivity contribution in [3.63, 3.8) is 0 Å². The normalized spacial score (nSPS) is 15.3. The number of fused-ring (bicyclic) bond motifs is 1. The summed E-state index contributed by atoms with van der Waals surface area (Å²) in [7, 11) is 0. The highest BCUT2D eigenvalue weighted by molar-refractivity contribution is 6.01. The van der Waals surface area contributed by atoms with Crippen molar-refractivity contribution in [3.8, 4) is 5.75 Å². The summed E-state index contributed by atoms with van der Waals surface area (Å²) in [5.74, 6) is 0.787. The number of para-hydroxylation sites is 2. The van der Waals surface area contributed by atoms with Crippen LogP contribution in [0, 0.1) is 0 Å². The Labute approximate surface area is 177 Å². The number of carbonyl (C=O) groups is 1. The van der Waals surface area contributed by atoms with Crippen molar-refractivity contribution in [2.24, 2.45) is 0 Å². The molecule has 1 amide bonds. The third kappa shape index (κ3) is 4.23. The number of hydrogen-bond donors (Lipinski definition) is 1. The number of hydrogen-bond acceptors (Lipinski definition) is 3. The Bertz CT molecular complexity index is 1050. The fourth-order valence-electron chi connectivity index (χ4n) is 3.70. The smallest absolute Gasteiger partial charge is 0.257 e. The number of rotatable bonds is 7. The molecule has 0 saturated heterocycles. The molecular weight excluding hydrogens is 372 g/mol. The van der Waals surface area contributed by atoms with E-state index in [0.29, 0.717) is 18.7 Å². The van der Waals surface area contributed by atoms with Gasteiger partial charge in [-0.25, -0.2) is 0 Å². The van der Waals surface area contributed by atoms with Crippen LogP contribution in [0.4, 0.5) is 5.69 Å². The summed E-state index contributed by atoms with van der Waals surface area (Å²) >= 11 is 0. The maximum Gasteiger partial charge on any atom is 0.257 e. The Morgan fingerprint density at radius 3 is 2.50 bits per heavy atom. The topological polar surface area (TPSA) is 41.6 Å². The maximum atomic E-state index is 13.4.